The molecule has 2 atom stereocenters. The number of nitrogens with zero attached hydrogens (tertiary/aromatic N) is 4. The fourth-order valence-corrected chi connectivity index (χ4v) is 6.25. The van der Waals surface area contributed by atoms with E-state index in [2.05, 4.69) is 10.3 Å². The van der Waals surface area contributed by atoms with Gasteiger partial charge in [-0.2, -0.15) is 0 Å². The summed E-state index contributed by atoms with van der Waals surface area (Å²) in [6, 6.07) is 5.34. The molecule has 0 bridgehead atoms. The molecule has 14 heteroatoms. The molecule has 2 aliphatic rings. The number of nitrogens with one attached hydrogen (secondary N) is 1. The van der Waals surface area contributed by atoms with Crippen molar-refractivity contribution in [1.82, 2.24) is 20.1 Å². The number of methoxy groups -OCH3 is 1. The average Bonchev–Trinajstić information content (AvgIpc) is 3.06. The lowest BCUT2D eigenvalue weighted by atomic mass is 9.91. The number of amides is 3. The van der Waals surface area contributed by atoms with Crippen LogP contribution in [0.5, 0.6) is 0 Å². The number of hydrogen-bond donors (Lipinski definition) is 1. The van der Waals surface area contributed by atoms with E-state index >= 15 is 0 Å². The van der Waals surface area contributed by atoms with Crippen molar-refractivity contribution in [3.63, 3.8) is 0 Å². The van der Waals surface area contributed by atoms with Gasteiger partial charge in [0.25, 0.3) is 5.69 Å². The van der Waals surface area contributed by atoms with E-state index in [9.17, 15) is 29.3 Å². The molecule has 1 aromatic heterocycles. The Morgan fingerprint density at radius 2 is 1.79 bits per heavy atom. The van der Waals surface area contributed by atoms with E-state index in [1.807, 2.05) is 20.8 Å². The number of carbonyl (C=O) groups is 4. The van der Waals surface area contributed by atoms with Crippen LogP contribution in [0.4, 0.5) is 10.5 Å². The maximum atomic E-state index is 13.6. The minimum absolute atomic E-state index is 0.00198. The molecule has 0 saturated carbocycles. The number of carbonyl (C=O) groups excluding carboxylic acids is 4. The zero-order valence-electron chi connectivity index (χ0n) is 27.9. The molecule has 4 rings (SSSR count). The number of ether oxygens (including phenoxy) is 2. The predicted molar refractivity (Wildman–Crippen MR) is 178 cm³/mol. The molecule has 1 N–H and O–H groups in total. The van der Waals surface area contributed by atoms with E-state index < -0.39 is 28.5 Å². The Hall–Kier alpha value is -4.26. The van der Waals surface area contributed by atoms with E-state index in [-0.39, 0.29) is 41.6 Å². The molecular weight excluding hydrogens is 642 g/mol. The van der Waals surface area contributed by atoms with Crippen LogP contribution < -0.4 is 5.32 Å². The van der Waals surface area contributed by atoms with E-state index in [4.69, 9.17) is 21.1 Å². The van der Waals surface area contributed by atoms with Gasteiger partial charge in [0.1, 0.15) is 10.6 Å². The second-order valence-electron chi connectivity index (χ2n) is 13.4. The van der Waals surface area contributed by atoms with Gasteiger partial charge in [-0.25, -0.2) is 4.79 Å². The monoisotopic (exact) mass is 685 g/mol. The molecular formula is C34H44ClN5O8. The largest absolute Gasteiger partial charge is 0.469 e. The van der Waals surface area contributed by atoms with Crippen LogP contribution in [-0.4, -0.2) is 82.5 Å². The fourth-order valence-electron chi connectivity index (χ4n) is 6.06. The van der Waals surface area contributed by atoms with Crippen molar-refractivity contribution in [2.24, 2.45) is 11.8 Å². The Morgan fingerprint density at radius 1 is 1.06 bits per heavy atom. The molecule has 2 fully saturated rings. The number of likely N-dealkylation sites (tertiary alicyclic amines) is 2. The van der Waals surface area contributed by atoms with Gasteiger partial charge in [-0.15, -0.1) is 0 Å². The Bertz CT molecular complexity index is 1500. The van der Waals surface area contributed by atoms with Crippen LogP contribution in [0.15, 0.2) is 36.7 Å². The SMILES string of the molecule is COC(=O)CC(NC(=O)[C@@H]1CCCN(C(=O)CCC2CCN(C(=O)OC(C)(C)C)CC2)C1)c1cncc(-c2ccc(Cl)c([N+](=O)[O-])c2)c1. The van der Waals surface area contributed by atoms with Crippen LogP contribution in [0.2, 0.25) is 5.02 Å². The molecule has 3 heterocycles. The van der Waals surface area contributed by atoms with Crippen molar-refractivity contribution < 1.29 is 33.6 Å². The first-order valence-electron chi connectivity index (χ1n) is 16.3. The highest BCUT2D eigenvalue weighted by Gasteiger charge is 2.32. The molecule has 13 nitrogen and oxygen atoms in total. The molecule has 3 amide bonds. The van der Waals surface area contributed by atoms with Crippen molar-refractivity contribution in [3.05, 3.63) is 57.4 Å². The van der Waals surface area contributed by atoms with Gasteiger partial charge < -0.3 is 24.6 Å². The lowest BCUT2D eigenvalue weighted by Gasteiger charge is -2.35. The van der Waals surface area contributed by atoms with Crippen LogP contribution in [0.1, 0.15) is 77.3 Å². The number of nitro benzene ring substituents is 1. The number of nitro groups is 1. The molecule has 2 aromatic rings. The van der Waals surface area contributed by atoms with Crippen LogP contribution in [0, 0.1) is 22.0 Å². The van der Waals surface area contributed by atoms with Crippen molar-refractivity contribution >= 4 is 41.2 Å². The van der Waals surface area contributed by atoms with Gasteiger partial charge in [0.2, 0.25) is 11.8 Å². The molecule has 0 radical (unpaired) electrons. The van der Waals surface area contributed by atoms with Crippen molar-refractivity contribution in [3.8, 4) is 11.1 Å². The third-order valence-corrected chi connectivity index (χ3v) is 9.05. The summed E-state index contributed by atoms with van der Waals surface area (Å²) in [6.07, 6.45) is 6.57. The summed E-state index contributed by atoms with van der Waals surface area (Å²) in [5.74, 6) is -0.954. The number of piperidine rings is 2. The van der Waals surface area contributed by atoms with Gasteiger partial charge in [0.05, 0.1) is 30.4 Å². The van der Waals surface area contributed by atoms with E-state index in [1.165, 1.54) is 31.6 Å². The van der Waals surface area contributed by atoms with Crippen molar-refractivity contribution in [2.75, 3.05) is 33.3 Å². The lowest BCUT2D eigenvalue weighted by molar-refractivity contribution is -0.384. The molecule has 48 heavy (non-hydrogen) atoms. The first-order chi connectivity index (χ1) is 22.7. The maximum absolute atomic E-state index is 13.6. The minimum atomic E-state index is -0.780. The van der Waals surface area contributed by atoms with E-state index in [0.717, 1.165) is 19.3 Å². The number of aromatic nitrogens is 1. The Labute approximate surface area is 285 Å². The van der Waals surface area contributed by atoms with E-state index in [0.29, 0.717) is 61.5 Å². The number of pyridine rings is 1. The lowest BCUT2D eigenvalue weighted by Crippen LogP contribution is -2.46. The topological polar surface area (TPSA) is 161 Å². The predicted octanol–water partition coefficient (Wildman–Crippen LogP) is 5.70. The average molecular weight is 686 g/mol. The number of hydrogen-bond acceptors (Lipinski definition) is 9. The second-order valence-corrected chi connectivity index (χ2v) is 13.8. The summed E-state index contributed by atoms with van der Waals surface area (Å²) >= 11 is 5.98. The highest BCUT2D eigenvalue weighted by Crippen LogP contribution is 2.32. The number of benzene rings is 1. The summed E-state index contributed by atoms with van der Waals surface area (Å²) in [5, 5.41) is 14.4. The minimum Gasteiger partial charge on any atom is -0.469 e. The molecule has 260 valence electrons. The zero-order chi connectivity index (χ0) is 35.0. The summed E-state index contributed by atoms with van der Waals surface area (Å²) in [5.41, 5.74) is 0.767. The van der Waals surface area contributed by atoms with Gasteiger partial charge in [-0.1, -0.05) is 17.7 Å². The van der Waals surface area contributed by atoms with Gasteiger partial charge in [0, 0.05) is 56.6 Å². The van der Waals surface area contributed by atoms with Crippen LogP contribution in [-0.2, 0) is 23.9 Å². The smallest absolute Gasteiger partial charge is 0.410 e. The highest BCUT2D eigenvalue weighted by atomic mass is 35.5. The number of esters is 1. The zero-order valence-corrected chi connectivity index (χ0v) is 28.7. The Balaban J connectivity index is 1.35. The van der Waals surface area contributed by atoms with Gasteiger partial charge in [0.15, 0.2) is 0 Å². The molecule has 1 unspecified atom stereocenters. The second kappa shape index (κ2) is 16.2. The van der Waals surface area contributed by atoms with Crippen LogP contribution in [0.3, 0.4) is 0 Å². The highest BCUT2D eigenvalue weighted by molar-refractivity contribution is 6.32. The van der Waals surface area contributed by atoms with Crippen LogP contribution in [0.25, 0.3) is 11.1 Å². The summed E-state index contributed by atoms with van der Waals surface area (Å²) in [6.45, 7) is 7.59. The normalized spacial score (nSPS) is 17.7. The first-order valence-corrected chi connectivity index (χ1v) is 16.6. The molecule has 0 aliphatic carbocycles. The Morgan fingerprint density at radius 3 is 2.46 bits per heavy atom. The summed E-state index contributed by atoms with van der Waals surface area (Å²) < 4.78 is 10.4. The van der Waals surface area contributed by atoms with Crippen LogP contribution >= 0.6 is 11.6 Å². The maximum Gasteiger partial charge on any atom is 0.410 e. The number of halogens is 1. The van der Waals surface area contributed by atoms with Gasteiger partial charge in [-0.3, -0.25) is 29.5 Å². The third-order valence-electron chi connectivity index (χ3n) is 8.73. The third kappa shape index (κ3) is 10.1. The number of rotatable bonds is 10. The molecule has 1 aromatic carbocycles. The molecule has 2 saturated heterocycles. The molecule has 2 aliphatic heterocycles. The standard InChI is InChI=1S/C34H44ClN5O8/c1-34(2,3)48-33(44)38-14-11-22(12-15-38)7-10-30(41)39-13-5-6-24(21-39)32(43)37-28(18-31(42)47-4)26-16-25(19-36-20-26)23-8-9-27(35)29(17-23)40(45)46/h8-9,16-17,19-20,22,24,28H,5-7,10-15,18,21H2,1-4H3,(H,37,43)/t24-,28?/m1/s1. The molecule has 0 spiro atoms. The van der Waals surface area contributed by atoms with Gasteiger partial charge in [-0.05, 0) is 82.1 Å². The summed E-state index contributed by atoms with van der Waals surface area (Å²) in [7, 11) is 1.26. The van der Waals surface area contributed by atoms with E-state index in [1.54, 1.807) is 21.9 Å². The fraction of sp³-hybridized carbons (Fsp3) is 0.559. The summed E-state index contributed by atoms with van der Waals surface area (Å²) in [4.78, 5) is 70.1. The Kier molecular flexibility index (Phi) is 12.4. The van der Waals surface area contributed by atoms with Gasteiger partial charge >= 0.3 is 12.1 Å². The first kappa shape index (κ1) is 36.6. The quantitative estimate of drug-likeness (QED) is 0.188. The van der Waals surface area contributed by atoms with Crippen molar-refractivity contribution in [2.45, 2.75) is 77.4 Å². The van der Waals surface area contributed by atoms with Crippen molar-refractivity contribution in [1.29, 1.82) is 0 Å².